The van der Waals surface area contributed by atoms with E-state index in [0.717, 1.165) is 0 Å². The topological polar surface area (TPSA) is 37.3 Å². The molecule has 0 aromatic carbocycles. The van der Waals surface area contributed by atoms with Crippen LogP contribution in [0.4, 0.5) is 0 Å². The average molecular weight is 230 g/mol. The van der Waals surface area contributed by atoms with Crippen LogP contribution in [0.5, 0.6) is 0 Å². The normalized spacial score (nSPS) is 19.5. The van der Waals surface area contributed by atoms with Crippen molar-refractivity contribution >= 4 is 13.9 Å². The molecule has 1 N–H and O–H groups in total. The summed E-state index contributed by atoms with van der Waals surface area (Å²) < 4.78 is 0. The molecule has 0 fully saturated rings. The van der Waals surface area contributed by atoms with Gasteiger partial charge in [-0.05, 0) is 18.9 Å². The minimum absolute atomic E-state index is 0.102. The summed E-state index contributed by atoms with van der Waals surface area (Å²) in [6, 6.07) is 0. The van der Waals surface area contributed by atoms with E-state index < -0.39 is 19.2 Å². The molecule has 2 atom stereocenters. The van der Waals surface area contributed by atoms with Crippen molar-refractivity contribution in [2.24, 2.45) is 0 Å². The molecule has 0 spiro atoms. The summed E-state index contributed by atoms with van der Waals surface area (Å²) in [5.41, 5.74) is 0. The molecule has 0 aliphatic carbocycles. The first-order chi connectivity index (χ1) is 6.39. The Morgan fingerprint density at radius 1 is 1.20 bits per heavy atom. The number of carbonyl (C=O) groups is 1. The molecule has 0 aromatic heterocycles. The van der Waals surface area contributed by atoms with Crippen molar-refractivity contribution in [1.82, 2.24) is 0 Å². The number of aliphatic hydroxyl groups excluding tert-OH is 1. The van der Waals surface area contributed by atoms with Crippen LogP contribution in [0, 0.1) is 0 Å². The van der Waals surface area contributed by atoms with Gasteiger partial charge in [0.15, 0.2) is 0 Å². The van der Waals surface area contributed by atoms with Gasteiger partial charge in [-0.1, -0.05) is 40.8 Å². The van der Waals surface area contributed by atoms with Crippen LogP contribution in [-0.2, 0) is 4.79 Å². The van der Waals surface area contributed by atoms with E-state index in [4.69, 9.17) is 0 Å². The number of hydrogen-bond acceptors (Lipinski definition) is 2. The molecule has 0 aliphatic heterocycles. The summed E-state index contributed by atoms with van der Waals surface area (Å²) in [7, 11) is -1.88. The fourth-order valence-corrected chi connectivity index (χ4v) is 5.52. The van der Waals surface area contributed by atoms with Crippen LogP contribution < -0.4 is 0 Å². The van der Waals surface area contributed by atoms with Crippen LogP contribution in [0.25, 0.3) is 0 Å². The number of carbonyl (C=O) groups excluding carboxylic acids is 1. The lowest BCUT2D eigenvalue weighted by Crippen LogP contribution is -2.56. The lowest BCUT2D eigenvalue weighted by Gasteiger charge is -2.50. The van der Waals surface area contributed by atoms with E-state index in [2.05, 4.69) is 33.9 Å². The zero-order chi connectivity index (χ0) is 12.7. The van der Waals surface area contributed by atoms with E-state index in [-0.39, 0.29) is 10.8 Å². The molecule has 90 valence electrons. The second kappa shape index (κ2) is 4.02. The number of rotatable bonds is 3. The van der Waals surface area contributed by atoms with Crippen LogP contribution >= 0.6 is 0 Å². The van der Waals surface area contributed by atoms with Gasteiger partial charge in [-0.3, -0.25) is 4.79 Å². The number of hydrogen-bond donors (Lipinski definition) is 1. The first kappa shape index (κ1) is 14.8. The van der Waals surface area contributed by atoms with E-state index in [1.165, 1.54) is 0 Å². The summed E-state index contributed by atoms with van der Waals surface area (Å²) >= 11 is 0. The second-order valence-corrected chi connectivity index (χ2v) is 12.1. The average Bonchev–Trinajstić information content (AvgIpc) is 1.99. The van der Waals surface area contributed by atoms with E-state index in [1.54, 1.807) is 13.8 Å². The molecule has 0 bridgehead atoms. The molecule has 0 heterocycles. The highest BCUT2D eigenvalue weighted by molar-refractivity contribution is 6.86. The van der Waals surface area contributed by atoms with Crippen molar-refractivity contribution in [2.45, 2.75) is 70.8 Å². The lowest BCUT2D eigenvalue weighted by molar-refractivity contribution is -0.122. The molecule has 0 radical (unpaired) electrons. The zero-order valence-corrected chi connectivity index (χ0v) is 12.4. The molecule has 0 saturated heterocycles. The van der Waals surface area contributed by atoms with Crippen molar-refractivity contribution in [3.8, 4) is 0 Å². The standard InChI is InChI=1S/C12H26O2Si/c1-9(13)12(6,10(2)14)15(7,8)11(3,4)5/h9,13H,1-8H3/t9-,12+/m1/s1. The summed E-state index contributed by atoms with van der Waals surface area (Å²) in [4.78, 5) is 11.9. The summed E-state index contributed by atoms with van der Waals surface area (Å²) in [5.74, 6) is 0.115. The lowest BCUT2D eigenvalue weighted by atomic mass is 10.0. The maximum atomic E-state index is 11.9. The van der Waals surface area contributed by atoms with Crippen molar-refractivity contribution in [1.29, 1.82) is 0 Å². The Morgan fingerprint density at radius 3 is 1.60 bits per heavy atom. The molecular weight excluding hydrogens is 204 g/mol. The van der Waals surface area contributed by atoms with Crippen molar-refractivity contribution in [2.75, 3.05) is 0 Å². The van der Waals surface area contributed by atoms with E-state index in [9.17, 15) is 9.90 Å². The van der Waals surface area contributed by atoms with Gasteiger partial charge in [-0.2, -0.15) is 0 Å². The van der Waals surface area contributed by atoms with Gasteiger partial charge in [0.1, 0.15) is 5.78 Å². The summed E-state index contributed by atoms with van der Waals surface area (Å²) in [5, 5.41) is 9.49. The van der Waals surface area contributed by atoms with Crippen molar-refractivity contribution in [3.63, 3.8) is 0 Å². The molecule has 2 nitrogen and oxygen atoms in total. The van der Waals surface area contributed by atoms with Crippen LogP contribution in [0.1, 0.15) is 41.5 Å². The molecule has 0 amide bonds. The molecule has 3 heteroatoms. The Labute approximate surface area is 95.1 Å². The van der Waals surface area contributed by atoms with Gasteiger partial charge in [-0.25, -0.2) is 0 Å². The van der Waals surface area contributed by atoms with Gasteiger partial charge in [0.25, 0.3) is 0 Å². The van der Waals surface area contributed by atoms with Crippen molar-refractivity contribution in [3.05, 3.63) is 0 Å². The Morgan fingerprint density at radius 2 is 1.53 bits per heavy atom. The molecule has 0 aliphatic rings. The molecule has 0 saturated carbocycles. The quantitative estimate of drug-likeness (QED) is 0.756. The zero-order valence-electron chi connectivity index (χ0n) is 11.4. The predicted molar refractivity (Wildman–Crippen MR) is 67.9 cm³/mol. The SMILES string of the molecule is CC(=O)[C@](C)([C@@H](C)O)[Si](C)(C)C(C)(C)C. The van der Waals surface area contributed by atoms with Gasteiger partial charge in [0, 0.05) is 5.04 Å². The number of Topliss-reactive ketones (excluding diaryl/α,β-unsaturated/α-hetero) is 1. The molecular formula is C12H26O2Si. The Bertz CT molecular complexity index is 251. The third kappa shape index (κ3) is 2.18. The highest BCUT2D eigenvalue weighted by atomic mass is 28.3. The third-order valence-corrected chi connectivity index (χ3v) is 11.9. The van der Waals surface area contributed by atoms with Gasteiger partial charge >= 0.3 is 0 Å². The Kier molecular flexibility index (Phi) is 3.98. The minimum Gasteiger partial charge on any atom is -0.393 e. The first-order valence-electron chi connectivity index (χ1n) is 5.58. The molecule has 0 unspecified atom stereocenters. The Balaban J connectivity index is 5.57. The highest BCUT2D eigenvalue weighted by Crippen LogP contribution is 2.53. The van der Waals surface area contributed by atoms with Crippen LogP contribution in [0.15, 0.2) is 0 Å². The fraction of sp³-hybridized carbons (Fsp3) is 0.917. The number of aliphatic hydroxyl groups is 1. The number of ketones is 1. The van der Waals surface area contributed by atoms with Crippen LogP contribution in [0.2, 0.25) is 23.2 Å². The van der Waals surface area contributed by atoms with E-state index in [1.807, 2.05) is 6.92 Å². The summed E-state index contributed by atoms with van der Waals surface area (Å²) in [6.07, 6.45) is -0.573. The maximum absolute atomic E-state index is 11.9. The smallest absolute Gasteiger partial charge is 0.135 e. The van der Waals surface area contributed by atoms with Crippen molar-refractivity contribution < 1.29 is 9.90 Å². The monoisotopic (exact) mass is 230 g/mol. The Hall–Kier alpha value is -0.153. The van der Waals surface area contributed by atoms with E-state index >= 15 is 0 Å². The largest absolute Gasteiger partial charge is 0.393 e. The van der Waals surface area contributed by atoms with Crippen LogP contribution in [0.3, 0.4) is 0 Å². The summed E-state index contributed by atoms with van der Waals surface area (Å²) in [6.45, 7) is 16.2. The second-order valence-electron chi connectivity index (χ2n) is 6.31. The van der Waals surface area contributed by atoms with Gasteiger partial charge in [0.05, 0.1) is 14.2 Å². The third-order valence-electron chi connectivity index (χ3n) is 4.74. The molecule has 0 aromatic rings. The van der Waals surface area contributed by atoms with Gasteiger partial charge in [-0.15, -0.1) is 0 Å². The molecule has 15 heavy (non-hydrogen) atoms. The van der Waals surface area contributed by atoms with Gasteiger partial charge < -0.3 is 5.11 Å². The predicted octanol–water partition coefficient (Wildman–Crippen LogP) is 3.23. The van der Waals surface area contributed by atoms with E-state index in [0.29, 0.717) is 0 Å². The first-order valence-corrected chi connectivity index (χ1v) is 8.58. The highest BCUT2D eigenvalue weighted by Gasteiger charge is 2.55. The van der Waals surface area contributed by atoms with Crippen LogP contribution in [-0.4, -0.2) is 25.1 Å². The van der Waals surface area contributed by atoms with Gasteiger partial charge in [0.2, 0.25) is 0 Å². The molecule has 0 rings (SSSR count). The fourth-order valence-electron chi connectivity index (χ4n) is 2.04. The minimum atomic E-state index is -1.88. The maximum Gasteiger partial charge on any atom is 0.135 e.